The molecule has 0 unspecified atom stereocenters. The van der Waals surface area contributed by atoms with Gasteiger partial charge >= 0.3 is 5.97 Å². The smallest absolute Gasteiger partial charge is 0.398 e. The minimum Gasteiger partial charge on any atom is -0.455 e. The molecule has 0 bridgehead atoms. The maximum atomic E-state index is 10.9. The second-order valence-electron chi connectivity index (χ2n) is 2.00. The zero-order valence-electron chi connectivity index (χ0n) is 6.13. The van der Waals surface area contributed by atoms with Crippen molar-refractivity contribution in [3.8, 4) is 0 Å². The number of hydrogen-bond donors (Lipinski definition) is 1. The molecule has 11 heavy (non-hydrogen) atoms. The first-order valence-corrected chi connectivity index (χ1v) is 3.09. The van der Waals surface area contributed by atoms with Crippen molar-refractivity contribution in [1.82, 2.24) is 0 Å². The zero-order chi connectivity index (χ0) is 8.27. The maximum absolute atomic E-state index is 10.9. The summed E-state index contributed by atoms with van der Waals surface area (Å²) in [5, 5.41) is 0. The SMILES string of the molecule is COC(=O)C1=C(N)C=C[C+]=C1. The number of hydrogen-bond acceptors (Lipinski definition) is 3. The third-order valence-corrected chi connectivity index (χ3v) is 1.30. The zero-order valence-corrected chi connectivity index (χ0v) is 6.13. The number of methoxy groups -OCH3 is 1. The first kappa shape index (κ1) is 7.51. The molecule has 0 aromatic rings. The van der Waals surface area contributed by atoms with Crippen LogP contribution in [0.4, 0.5) is 0 Å². The fourth-order valence-electron chi connectivity index (χ4n) is 0.729. The van der Waals surface area contributed by atoms with Gasteiger partial charge in [0.05, 0.1) is 13.2 Å². The molecule has 56 valence electrons. The van der Waals surface area contributed by atoms with Crippen molar-refractivity contribution in [3.63, 3.8) is 0 Å². The van der Waals surface area contributed by atoms with Crippen LogP contribution in [0, 0.1) is 6.08 Å². The van der Waals surface area contributed by atoms with Crippen molar-refractivity contribution in [3.05, 3.63) is 35.6 Å². The van der Waals surface area contributed by atoms with Crippen LogP contribution in [0.2, 0.25) is 0 Å². The van der Waals surface area contributed by atoms with Gasteiger partial charge in [0.1, 0.15) is 12.2 Å². The van der Waals surface area contributed by atoms with Gasteiger partial charge in [-0.15, -0.1) is 0 Å². The predicted molar refractivity (Wildman–Crippen MR) is 40.2 cm³/mol. The van der Waals surface area contributed by atoms with Gasteiger partial charge in [-0.25, -0.2) is 4.79 Å². The molecular weight excluding hydrogens is 142 g/mol. The van der Waals surface area contributed by atoms with Gasteiger partial charge in [-0.2, -0.15) is 0 Å². The standard InChI is InChI=1S/C8H7NO2/c1-11-8(10)6-4-2-3-5-7(6)9/h3-5H,1H3,(H-,9,10)/p+1. The first-order valence-electron chi connectivity index (χ1n) is 3.09. The first-order chi connectivity index (χ1) is 5.25. The Balaban J connectivity index is 2.95. The Labute approximate surface area is 64.8 Å². The van der Waals surface area contributed by atoms with Crippen molar-refractivity contribution < 1.29 is 9.53 Å². The van der Waals surface area contributed by atoms with E-state index in [1.165, 1.54) is 13.2 Å². The van der Waals surface area contributed by atoms with Gasteiger partial charge in [0.25, 0.3) is 0 Å². The molecule has 0 heterocycles. The Kier molecular flexibility index (Phi) is 2.04. The molecule has 0 saturated carbocycles. The van der Waals surface area contributed by atoms with Gasteiger partial charge in [-0.05, 0) is 0 Å². The number of esters is 1. The third kappa shape index (κ3) is 1.45. The number of allylic oxidation sites excluding steroid dienone is 3. The normalized spacial score (nSPS) is 14.6. The van der Waals surface area contributed by atoms with Crippen molar-refractivity contribution >= 4 is 5.97 Å². The fraction of sp³-hybridized carbons (Fsp3) is 0.125. The summed E-state index contributed by atoms with van der Waals surface area (Å²) in [5.41, 5.74) is 6.25. The Bertz CT molecular complexity index is 261. The summed E-state index contributed by atoms with van der Waals surface area (Å²) < 4.78 is 4.48. The minimum atomic E-state index is -0.431. The van der Waals surface area contributed by atoms with Crippen LogP contribution in [0.25, 0.3) is 0 Å². The van der Waals surface area contributed by atoms with Crippen LogP contribution in [0.5, 0.6) is 0 Å². The van der Waals surface area contributed by atoms with Crippen molar-refractivity contribution in [1.29, 1.82) is 0 Å². The van der Waals surface area contributed by atoms with Gasteiger partial charge < -0.3 is 10.5 Å². The second-order valence-corrected chi connectivity index (χ2v) is 2.00. The van der Waals surface area contributed by atoms with Gasteiger partial charge in [-0.3, -0.25) is 0 Å². The quantitative estimate of drug-likeness (QED) is 0.432. The van der Waals surface area contributed by atoms with Gasteiger partial charge in [-0.1, -0.05) is 0 Å². The topological polar surface area (TPSA) is 52.3 Å². The highest BCUT2D eigenvalue weighted by molar-refractivity contribution is 5.93. The van der Waals surface area contributed by atoms with Gasteiger partial charge in [0.2, 0.25) is 0 Å². The van der Waals surface area contributed by atoms with Crippen LogP contribution in [-0.2, 0) is 9.53 Å². The lowest BCUT2D eigenvalue weighted by Gasteiger charge is -1.96. The molecule has 0 aromatic carbocycles. The van der Waals surface area contributed by atoms with Crippen molar-refractivity contribution in [2.24, 2.45) is 5.73 Å². The van der Waals surface area contributed by atoms with Crippen molar-refractivity contribution in [2.45, 2.75) is 0 Å². The molecule has 0 radical (unpaired) electrons. The summed E-state index contributed by atoms with van der Waals surface area (Å²) in [6.45, 7) is 0. The second kappa shape index (κ2) is 2.99. The third-order valence-electron chi connectivity index (χ3n) is 1.30. The molecule has 0 aromatic heterocycles. The van der Waals surface area contributed by atoms with Crippen LogP contribution in [0.15, 0.2) is 29.5 Å². The largest absolute Gasteiger partial charge is 0.455 e. The molecule has 0 atom stereocenters. The number of ether oxygens (including phenoxy) is 1. The molecule has 1 aliphatic carbocycles. The maximum Gasteiger partial charge on any atom is 0.398 e. The highest BCUT2D eigenvalue weighted by atomic mass is 16.5. The average Bonchev–Trinajstić information content (AvgIpc) is 2.04. The lowest BCUT2D eigenvalue weighted by atomic mass is 10.1. The van der Waals surface area contributed by atoms with E-state index in [2.05, 4.69) is 10.8 Å². The van der Waals surface area contributed by atoms with E-state index in [1.54, 1.807) is 12.2 Å². The minimum absolute atomic E-state index is 0.356. The number of rotatable bonds is 1. The molecule has 0 fully saturated rings. The van der Waals surface area contributed by atoms with Crippen LogP contribution in [0.3, 0.4) is 0 Å². The Morgan fingerprint density at radius 3 is 3.00 bits per heavy atom. The number of nitrogens with two attached hydrogens (primary N) is 1. The van der Waals surface area contributed by atoms with Crippen LogP contribution < -0.4 is 5.73 Å². The van der Waals surface area contributed by atoms with Crippen LogP contribution >= 0.6 is 0 Å². The molecule has 0 saturated heterocycles. The molecule has 2 N–H and O–H groups in total. The van der Waals surface area contributed by atoms with E-state index in [9.17, 15) is 4.79 Å². The van der Waals surface area contributed by atoms with E-state index < -0.39 is 5.97 Å². The van der Waals surface area contributed by atoms with Gasteiger partial charge in [0.15, 0.2) is 11.3 Å². The number of carbonyl (C=O) groups excluding carboxylic acids is 1. The molecule has 0 aliphatic heterocycles. The Morgan fingerprint density at radius 1 is 1.73 bits per heavy atom. The van der Waals surface area contributed by atoms with Crippen LogP contribution in [0.1, 0.15) is 0 Å². The molecule has 3 nitrogen and oxygen atoms in total. The van der Waals surface area contributed by atoms with E-state index in [0.29, 0.717) is 11.3 Å². The molecule has 3 heteroatoms. The fourth-order valence-corrected chi connectivity index (χ4v) is 0.729. The lowest BCUT2D eigenvalue weighted by molar-refractivity contribution is -0.135. The molecule has 1 aliphatic rings. The molecular formula is C8H8NO2+. The monoisotopic (exact) mass is 150 g/mol. The van der Waals surface area contributed by atoms with E-state index in [1.807, 2.05) is 0 Å². The highest BCUT2D eigenvalue weighted by Crippen LogP contribution is 2.08. The predicted octanol–water partition coefficient (Wildman–Crippen LogP) is 0.301. The summed E-state index contributed by atoms with van der Waals surface area (Å²) in [6, 6.07) is 0. The summed E-state index contributed by atoms with van der Waals surface area (Å²) in [5.74, 6) is -0.431. The van der Waals surface area contributed by atoms with E-state index in [-0.39, 0.29) is 0 Å². The highest BCUT2D eigenvalue weighted by Gasteiger charge is 2.19. The van der Waals surface area contributed by atoms with E-state index >= 15 is 0 Å². The number of carbonyl (C=O) groups is 1. The average molecular weight is 150 g/mol. The van der Waals surface area contributed by atoms with Crippen molar-refractivity contribution in [2.75, 3.05) is 7.11 Å². The summed E-state index contributed by atoms with van der Waals surface area (Å²) in [4.78, 5) is 10.9. The van der Waals surface area contributed by atoms with Gasteiger partial charge in [0, 0.05) is 6.08 Å². The molecule has 0 amide bonds. The molecule has 0 spiro atoms. The van der Waals surface area contributed by atoms with E-state index in [0.717, 1.165) is 0 Å². The summed E-state index contributed by atoms with van der Waals surface area (Å²) in [6.07, 6.45) is 7.48. The Morgan fingerprint density at radius 2 is 2.45 bits per heavy atom. The van der Waals surface area contributed by atoms with E-state index in [4.69, 9.17) is 5.73 Å². The Hall–Kier alpha value is -1.60. The summed E-state index contributed by atoms with van der Waals surface area (Å²) in [7, 11) is 1.31. The van der Waals surface area contributed by atoms with Crippen LogP contribution in [-0.4, -0.2) is 13.1 Å². The molecule has 1 rings (SSSR count). The summed E-state index contributed by atoms with van der Waals surface area (Å²) >= 11 is 0. The lowest BCUT2D eigenvalue weighted by Crippen LogP contribution is -2.10.